The van der Waals surface area contributed by atoms with Gasteiger partial charge in [-0.25, -0.2) is 8.42 Å². The molecule has 16 heavy (non-hydrogen) atoms. The standard InChI is InChI=1S/C10H14ClNO3S/c11-7-4-8-16(13,14)12-15-9-10-5-2-1-3-6-10/h1-3,5-6,12H,4,7-9H2. The van der Waals surface area contributed by atoms with Crippen LogP contribution in [0.2, 0.25) is 0 Å². The van der Waals surface area contributed by atoms with Gasteiger partial charge in [-0.2, -0.15) is 0 Å². The second kappa shape index (κ2) is 6.85. The lowest BCUT2D eigenvalue weighted by Gasteiger charge is -2.06. The smallest absolute Gasteiger partial charge is 0.233 e. The summed E-state index contributed by atoms with van der Waals surface area (Å²) in [6.45, 7) is 0.209. The second-order valence-electron chi connectivity index (χ2n) is 3.22. The summed E-state index contributed by atoms with van der Waals surface area (Å²) >= 11 is 5.40. The minimum atomic E-state index is -3.37. The molecule has 0 bridgehead atoms. The molecule has 1 N–H and O–H groups in total. The van der Waals surface area contributed by atoms with Crippen molar-refractivity contribution in [1.82, 2.24) is 4.89 Å². The number of hydrogen-bond acceptors (Lipinski definition) is 3. The molecule has 0 fully saturated rings. The molecule has 0 saturated heterocycles. The lowest BCUT2D eigenvalue weighted by Crippen LogP contribution is -2.26. The Labute approximate surface area is 101 Å². The highest BCUT2D eigenvalue weighted by molar-refractivity contribution is 7.89. The van der Waals surface area contributed by atoms with Gasteiger partial charge in [0.1, 0.15) is 0 Å². The van der Waals surface area contributed by atoms with Crippen LogP contribution in [0, 0.1) is 0 Å². The molecule has 0 radical (unpaired) electrons. The van der Waals surface area contributed by atoms with Crippen LogP contribution in [0.1, 0.15) is 12.0 Å². The SMILES string of the molecule is O=S(=O)(CCCCl)NOCc1ccccc1. The highest BCUT2D eigenvalue weighted by Gasteiger charge is 2.08. The van der Waals surface area contributed by atoms with Crippen LogP contribution < -0.4 is 4.89 Å². The van der Waals surface area contributed by atoms with E-state index in [4.69, 9.17) is 16.4 Å². The van der Waals surface area contributed by atoms with Crippen molar-refractivity contribution in [2.24, 2.45) is 0 Å². The third-order valence-corrected chi connectivity index (χ3v) is 3.28. The van der Waals surface area contributed by atoms with Gasteiger partial charge in [-0.05, 0) is 12.0 Å². The van der Waals surface area contributed by atoms with Crippen LogP contribution >= 0.6 is 11.6 Å². The molecule has 1 rings (SSSR count). The Balaban J connectivity index is 2.30. The van der Waals surface area contributed by atoms with Gasteiger partial charge >= 0.3 is 0 Å². The zero-order chi connectivity index (χ0) is 11.9. The molecule has 0 aromatic heterocycles. The molecule has 6 heteroatoms. The maximum Gasteiger partial charge on any atom is 0.233 e. The molecule has 0 aliphatic carbocycles. The molecule has 0 heterocycles. The quantitative estimate of drug-likeness (QED) is 0.601. The molecule has 0 aliphatic rings. The number of halogens is 1. The average molecular weight is 264 g/mol. The monoisotopic (exact) mass is 263 g/mol. The number of alkyl halides is 1. The predicted octanol–water partition coefficient (Wildman–Crippen LogP) is 1.67. The topological polar surface area (TPSA) is 55.4 Å². The molecular weight excluding hydrogens is 250 g/mol. The molecule has 4 nitrogen and oxygen atoms in total. The van der Waals surface area contributed by atoms with Gasteiger partial charge in [0.05, 0.1) is 12.4 Å². The fourth-order valence-electron chi connectivity index (χ4n) is 1.06. The summed E-state index contributed by atoms with van der Waals surface area (Å²) in [5.41, 5.74) is 0.905. The molecule has 0 saturated carbocycles. The van der Waals surface area contributed by atoms with Crippen LogP contribution in [0.5, 0.6) is 0 Å². The molecule has 0 unspecified atom stereocenters. The highest BCUT2D eigenvalue weighted by atomic mass is 35.5. The third-order valence-electron chi connectivity index (χ3n) is 1.81. The van der Waals surface area contributed by atoms with Crippen LogP contribution in [0.4, 0.5) is 0 Å². The second-order valence-corrected chi connectivity index (χ2v) is 5.40. The van der Waals surface area contributed by atoms with Crippen LogP contribution in [0.25, 0.3) is 0 Å². The van der Waals surface area contributed by atoms with Gasteiger partial charge in [-0.15, -0.1) is 11.6 Å². The van der Waals surface area contributed by atoms with Crippen molar-refractivity contribution in [3.05, 3.63) is 35.9 Å². The fraction of sp³-hybridized carbons (Fsp3) is 0.400. The molecule has 0 aliphatic heterocycles. The van der Waals surface area contributed by atoms with Crippen molar-refractivity contribution in [3.8, 4) is 0 Å². The maximum atomic E-state index is 11.3. The lowest BCUT2D eigenvalue weighted by atomic mass is 10.2. The summed E-state index contributed by atoms with van der Waals surface area (Å²) < 4.78 is 22.6. The molecular formula is C10H14ClNO3S. The van der Waals surface area contributed by atoms with Crippen molar-refractivity contribution in [2.45, 2.75) is 13.0 Å². The first-order valence-electron chi connectivity index (χ1n) is 4.85. The van der Waals surface area contributed by atoms with E-state index in [1.54, 1.807) is 0 Å². The van der Waals surface area contributed by atoms with Gasteiger partial charge in [-0.1, -0.05) is 35.2 Å². The minimum Gasteiger partial charge on any atom is -0.282 e. The number of nitrogens with one attached hydrogen (secondary N) is 1. The van der Waals surface area contributed by atoms with Gasteiger partial charge in [-0.3, -0.25) is 4.84 Å². The van der Waals surface area contributed by atoms with E-state index in [0.29, 0.717) is 12.3 Å². The van der Waals surface area contributed by atoms with E-state index in [2.05, 4.69) is 4.89 Å². The number of rotatable bonds is 7. The Kier molecular flexibility index (Phi) is 5.76. The first-order valence-corrected chi connectivity index (χ1v) is 7.04. The van der Waals surface area contributed by atoms with Gasteiger partial charge in [0.2, 0.25) is 10.0 Å². The Morgan fingerprint density at radius 1 is 1.25 bits per heavy atom. The molecule has 0 amide bonds. The number of benzene rings is 1. The first-order chi connectivity index (χ1) is 7.64. The maximum absolute atomic E-state index is 11.3. The van der Waals surface area contributed by atoms with Crippen molar-refractivity contribution >= 4 is 21.6 Å². The van der Waals surface area contributed by atoms with Crippen molar-refractivity contribution in [2.75, 3.05) is 11.6 Å². The third kappa shape index (κ3) is 5.46. The van der Waals surface area contributed by atoms with E-state index < -0.39 is 10.0 Å². The van der Waals surface area contributed by atoms with E-state index >= 15 is 0 Å². The van der Waals surface area contributed by atoms with Crippen LogP contribution in [-0.4, -0.2) is 20.1 Å². The first kappa shape index (κ1) is 13.4. The van der Waals surface area contributed by atoms with Crippen LogP contribution in [0.15, 0.2) is 30.3 Å². The molecule has 0 atom stereocenters. The Hall–Kier alpha value is -0.620. The van der Waals surface area contributed by atoms with Crippen molar-refractivity contribution in [1.29, 1.82) is 0 Å². The molecule has 1 aromatic carbocycles. The summed E-state index contributed by atoms with van der Waals surface area (Å²) in [6, 6.07) is 9.32. The van der Waals surface area contributed by atoms with Gasteiger partial charge < -0.3 is 0 Å². The zero-order valence-electron chi connectivity index (χ0n) is 8.73. The van der Waals surface area contributed by atoms with E-state index in [1.807, 2.05) is 30.3 Å². The fourth-order valence-corrected chi connectivity index (χ4v) is 2.20. The Morgan fingerprint density at radius 2 is 1.94 bits per heavy atom. The van der Waals surface area contributed by atoms with E-state index in [-0.39, 0.29) is 12.4 Å². The number of sulfonamides is 1. The molecule has 0 spiro atoms. The predicted molar refractivity (Wildman–Crippen MR) is 63.5 cm³/mol. The minimum absolute atomic E-state index is 0.0225. The summed E-state index contributed by atoms with van der Waals surface area (Å²) in [6.07, 6.45) is 0.408. The summed E-state index contributed by atoms with van der Waals surface area (Å²) in [4.78, 5) is 6.96. The summed E-state index contributed by atoms with van der Waals surface area (Å²) in [5.74, 6) is 0.297. The molecule has 90 valence electrons. The van der Waals surface area contributed by atoms with E-state index in [9.17, 15) is 8.42 Å². The highest BCUT2D eigenvalue weighted by Crippen LogP contribution is 2.00. The number of hydrogen-bond donors (Lipinski definition) is 1. The van der Waals surface area contributed by atoms with Crippen LogP contribution in [0.3, 0.4) is 0 Å². The van der Waals surface area contributed by atoms with Gasteiger partial charge in [0.25, 0.3) is 0 Å². The van der Waals surface area contributed by atoms with Gasteiger partial charge in [0, 0.05) is 5.88 Å². The van der Waals surface area contributed by atoms with E-state index in [0.717, 1.165) is 5.56 Å². The van der Waals surface area contributed by atoms with Crippen molar-refractivity contribution in [3.63, 3.8) is 0 Å². The summed E-state index contributed by atoms with van der Waals surface area (Å²) in [5, 5.41) is 0. The lowest BCUT2D eigenvalue weighted by molar-refractivity contribution is 0.0795. The van der Waals surface area contributed by atoms with Crippen LogP contribution in [-0.2, 0) is 21.5 Å². The molecule has 1 aromatic rings. The van der Waals surface area contributed by atoms with E-state index in [1.165, 1.54) is 0 Å². The Bertz CT molecular complexity index is 394. The normalized spacial score (nSPS) is 11.6. The van der Waals surface area contributed by atoms with Crippen molar-refractivity contribution < 1.29 is 13.3 Å². The zero-order valence-corrected chi connectivity index (χ0v) is 10.3. The Morgan fingerprint density at radius 3 is 2.56 bits per heavy atom. The summed E-state index contributed by atoms with van der Waals surface area (Å²) in [7, 11) is -3.37. The largest absolute Gasteiger partial charge is 0.282 e. The van der Waals surface area contributed by atoms with Gasteiger partial charge in [0.15, 0.2) is 0 Å². The average Bonchev–Trinajstić information content (AvgIpc) is 2.28.